The minimum Gasteiger partial charge on any atom is -0.496 e. The number of rotatable bonds is 9. The molecule has 0 fully saturated rings. The minimum absolute atomic E-state index is 0. The SMILES string of the molecule is C=CCOc1c(Br)cc(CNCc2ccccc2OC)cc1OC.Cl. The van der Waals surface area contributed by atoms with Gasteiger partial charge in [0.15, 0.2) is 11.5 Å². The predicted molar refractivity (Wildman–Crippen MR) is 107 cm³/mol. The van der Waals surface area contributed by atoms with Crippen molar-refractivity contribution in [3.8, 4) is 17.2 Å². The molecule has 0 aliphatic rings. The van der Waals surface area contributed by atoms with Crippen molar-refractivity contribution in [2.24, 2.45) is 0 Å². The Labute approximate surface area is 163 Å². The minimum atomic E-state index is 0. The Morgan fingerprint density at radius 3 is 2.48 bits per heavy atom. The highest BCUT2D eigenvalue weighted by Gasteiger charge is 2.11. The van der Waals surface area contributed by atoms with Gasteiger partial charge in [0.05, 0.1) is 18.7 Å². The fourth-order valence-electron chi connectivity index (χ4n) is 2.35. The van der Waals surface area contributed by atoms with Crippen LogP contribution in [-0.2, 0) is 13.1 Å². The maximum atomic E-state index is 5.64. The van der Waals surface area contributed by atoms with E-state index in [1.807, 2.05) is 30.3 Å². The van der Waals surface area contributed by atoms with Gasteiger partial charge in [0.2, 0.25) is 0 Å². The van der Waals surface area contributed by atoms with E-state index in [2.05, 4.69) is 33.9 Å². The van der Waals surface area contributed by atoms with Crippen molar-refractivity contribution >= 4 is 28.3 Å². The number of hydrogen-bond acceptors (Lipinski definition) is 4. The van der Waals surface area contributed by atoms with Crippen molar-refractivity contribution in [3.63, 3.8) is 0 Å². The Morgan fingerprint density at radius 2 is 1.80 bits per heavy atom. The van der Waals surface area contributed by atoms with Crippen LogP contribution in [0, 0.1) is 0 Å². The van der Waals surface area contributed by atoms with Crippen molar-refractivity contribution in [2.45, 2.75) is 13.1 Å². The molecule has 0 amide bonds. The van der Waals surface area contributed by atoms with E-state index in [-0.39, 0.29) is 12.4 Å². The monoisotopic (exact) mass is 427 g/mol. The molecule has 2 aromatic rings. The smallest absolute Gasteiger partial charge is 0.175 e. The fraction of sp³-hybridized carbons (Fsp3) is 0.263. The molecule has 0 unspecified atom stereocenters. The molecule has 0 radical (unpaired) electrons. The van der Waals surface area contributed by atoms with Gasteiger partial charge < -0.3 is 19.5 Å². The normalized spacial score (nSPS) is 9.88. The van der Waals surface area contributed by atoms with Gasteiger partial charge in [-0.15, -0.1) is 12.4 Å². The number of nitrogens with one attached hydrogen (secondary N) is 1. The topological polar surface area (TPSA) is 39.7 Å². The van der Waals surface area contributed by atoms with Gasteiger partial charge in [0.1, 0.15) is 12.4 Å². The van der Waals surface area contributed by atoms with E-state index in [0.29, 0.717) is 24.7 Å². The number of ether oxygens (including phenoxy) is 3. The van der Waals surface area contributed by atoms with Gasteiger partial charge in [-0.2, -0.15) is 0 Å². The first-order chi connectivity index (χ1) is 11.7. The van der Waals surface area contributed by atoms with Crippen LogP contribution in [0.3, 0.4) is 0 Å². The van der Waals surface area contributed by atoms with E-state index < -0.39 is 0 Å². The number of benzene rings is 2. The summed E-state index contributed by atoms with van der Waals surface area (Å²) in [5.41, 5.74) is 2.22. The summed E-state index contributed by atoms with van der Waals surface area (Å²) in [4.78, 5) is 0. The van der Waals surface area contributed by atoms with Crippen molar-refractivity contribution in [1.29, 1.82) is 0 Å². The standard InChI is InChI=1S/C19H22BrNO3.ClH/c1-4-9-24-19-16(20)10-14(11-18(19)23-3)12-21-13-15-7-5-6-8-17(15)22-2;/h4-8,10-11,21H,1,9,12-13H2,2-3H3;1H. The molecule has 2 aromatic carbocycles. The summed E-state index contributed by atoms with van der Waals surface area (Å²) in [6, 6.07) is 12.0. The van der Waals surface area contributed by atoms with Crippen molar-refractivity contribution in [2.75, 3.05) is 20.8 Å². The molecule has 0 saturated carbocycles. The number of para-hydroxylation sites is 1. The molecule has 0 saturated heterocycles. The van der Waals surface area contributed by atoms with E-state index in [0.717, 1.165) is 27.9 Å². The molecular formula is C19H23BrClNO3. The largest absolute Gasteiger partial charge is 0.496 e. The number of halogens is 2. The Kier molecular flexibility index (Phi) is 9.42. The second-order valence-electron chi connectivity index (χ2n) is 5.12. The third-order valence-corrected chi connectivity index (χ3v) is 4.06. The van der Waals surface area contributed by atoms with Crippen LogP contribution >= 0.6 is 28.3 Å². The molecule has 25 heavy (non-hydrogen) atoms. The molecule has 6 heteroatoms. The fourth-order valence-corrected chi connectivity index (χ4v) is 2.95. The third kappa shape index (κ3) is 5.96. The van der Waals surface area contributed by atoms with Gasteiger partial charge in [-0.1, -0.05) is 30.9 Å². The van der Waals surface area contributed by atoms with Crippen LogP contribution in [0.25, 0.3) is 0 Å². The summed E-state index contributed by atoms with van der Waals surface area (Å²) < 4.78 is 17.3. The quantitative estimate of drug-likeness (QED) is 0.586. The van der Waals surface area contributed by atoms with E-state index in [1.54, 1.807) is 20.3 Å². The summed E-state index contributed by atoms with van der Waals surface area (Å²) >= 11 is 3.54. The molecule has 0 aliphatic heterocycles. The molecule has 2 rings (SSSR count). The van der Waals surface area contributed by atoms with Crippen molar-refractivity contribution in [1.82, 2.24) is 5.32 Å². The van der Waals surface area contributed by atoms with Crippen LogP contribution in [0.2, 0.25) is 0 Å². The maximum absolute atomic E-state index is 5.64. The second kappa shape index (κ2) is 11.0. The van der Waals surface area contributed by atoms with Gasteiger partial charge in [-0.3, -0.25) is 0 Å². The second-order valence-corrected chi connectivity index (χ2v) is 5.98. The van der Waals surface area contributed by atoms with Gasteiger partial charge in [-0.25, -0.2) is 0 Å². The third-order valence-electron chi connectivity index (χ3n) is 3.47. The summed E-state index contributed by atoms with van der Waals surface area (Å²) in [5.74, 6) is 2.27. The Hall–Kier alpha value is -1.69. The van der Waals surface area contributed by atoms with Gasteiger partial charge in [0.25, 0.3) is 0 Å². The molecule has 0 aliphatic carbocycles. The summed E-state index contributed by atoms with van der Waals surface area (Å²) in [6.45, 7) is 5.52. The highest BCUT2D eigenvalue weighted by Crippen LogP contribution is 2.36. The lowest BCUT2D eigenvalue weighted by molar-refractivity contribution is 0.324. The first-order valence-electron chi connectivity index (χ1n) is 7.62. The van der Waals surface area contributed by atoms with Crippen LogP contribution in [0.1, 0.15) is 11.1 Å². The van der Waals surface area contributed by atoms with E-state index in [1.165, 1.54) is 0 Å². The molecule has 0 aromatic heterocycles. The van der Waals surface area contributed by atoms with Crippen LogP contribution in [0.5, 0.6) is 17.2 Å². The van der Waals surface area contributed by atoms with Crippen LogP contribution < -0.4 is 19.5 Å². The lowest BCUT2D eigenvalue weighted by atomic mass is 10.1. The molecule has 1 N–H and O–H groups in total. The van der Waals surface area contributed by atoms with Crippen LogP contribution in [-0.4, -0.2) is 20.8 Å². The Balaban J connectivity index is 0.00000312. The molecule has 136 valence electrons. The molecular weight excluding hydrogens is 406 g/mol. The first kappa shape index (κ1) is 21.4. The van der Waals surface area contributed by atoms with Gasteiger partial charge in [-0.05, 0) is 39.7 Å². The van der Waals surface area contributed by atoms with Crippen LogP contribution in [0.15, 0.2) is 53.5 Å². The van der Waals surface area contributed by atoms with Crippen molar-refractivity contribution < 1.29 is 14.2 Å². The summed E-state index contributed by atoms with van der Waals surface area (Å²) in [7, 11) is 3.32. The zero-order valence-electron chi connectivity index (χ0n) is 14.4. The molecule has 0 atom stereocenters. The maximum Gasteiger partial charge on any atom is 0.175 e. The highest BCUT2D eigenvalue weighted by atomic mass is 79.9. The van der Waals surface area contributed by atoms with E-state index >= 15 is 0 Å². The van der Waals surface area contributed by atoms with Gasteiger partial charge in [0, 0.05) is 18.7 Å². The molecule has 0 bridgehead atoms. The number of methoxy groups -OCH3 is 2. The first-order valence-corrected chi connectivity index (χ1v) is 8.41. The Morgan fingerprint density at radius 1 is 1.08 bits per heavy atom. The highest BCUT2D eigenvalue weighted by molar-refractivity contribution is 9.10. The Bertz CT molecular complexity index is 694. The lowest BCUT2D eigenvalue weighted by Crippen LogP contribution is -2.13. The lowest BCUT2D eigenvalue weighted by Gasteiger charge is -2.14. The van der Waals surface area contributed by atoms with Gasteiger partial charge >= 0.3 is 0 Å². The van der Waals surface area contributed by atoms with Crippen LogP contribution in [0.4, 0.5) is 0 Å². The molecule has 4 nitrogen and oxygen atoms in total. The predicted octanol–water partition coefficient (Wildman–Crippen LogP) is 4.74. The van der Waals surface area contributed by atoms with E-state index in [9.17, 15) is 0 Å². The molecule has 0 heterocycles. The average Bonchev–Trinajstić information content (AvgIpc) is 2.60. The average molecular weight is 429 g/mol. The summed E-state index contributed by atoms with van der Waals surface area (Å²) in [5, 5.41) is 3.42. The zero-order valence-corrected chi connectivity index (χ0v) is 16.8. The number of hydrogen-bond donors (Lipinski definition) is 1. The molecule has 0 spiro atoms. The summed E-state index contributed by atoms with van der Waals surface area (Å²) in [6.07, 6.45) is 1.70. The zero-order chi connectivity index (χ0) is 17.4. The van der Waals surface area contributed by atoms with E-state index in [4.69, 9.17) is 14.2 Å². The van der Waals surface area contributed by atoms with Crippen molar-refractivity contribution in [3.05, 3.63) is 64.7 Å².